The van der Waals surface area contributed by atoms with Crippen LogP contribution < -0.4 is 10.9 Å². The second kappa shape index (κ2) is 6.33. The van der Waals surface area contributed by atoms with Gasteiger partial charge in [-0.1, -0.05) is 12.1 Å². The Morgan fingerprint density at radius 2 is 1.17 bits per heavy atom. The van der Waals surface area contributed by atoms with Crippen molar-refractivity contribution in [2.45, 2.75) is 18.5 Å². The van der Waals surface area contributed by atoms with Crippen LogP contribution in [-0.2, 0) is 5.41 Å². The number of rotatable bonds is 2. The van der Waals surface area contributed by atoms with Crippen molar-refractivity contribution in [2.24, 2.45) is 0 Å². The first-order valence-electron chi connectivity index (χ1n) is 6.95. The Bertz CT molecular complexity index is 706. The molecule has 2 nitrogen and oxygen atoms in total. The van der Waals surface area contributed by atoms with E-state index < -0.39 is 11.6 Å². The molecule has 24 heavy (non-hydrogen) atoms. The third-order valence-corrected chi connectivity index (χ3v) is 5.44. The number of phenols is 2. The summed E-state index contributed by atoms with van der Waals surface area (Å²) in [5.41, 5.74) is -1.65. The third kappa shape index (κ3) is 3.08. The number of benzene rings is 2. The zero-order valence-corrected chi connectivity index (χ0v) is 16.3. The van der Waals surface area contributed by atoms with Gasteiger partial charge < -0.3 is 10.2 Å². The zero-order chi connectivity index (χ0) is 18.4. The molecule has 2 N–H and O–H groups in total. The van der Waals surface area contributed by atoms with Crippen LogP contribution in [0.15, 0.2) is 33.2 Å². The van der Waals surface area contributed by atoms with Gasteiger partial charge in [0, 0.05) is 0 Å². The second-order valence-electron chi connectivity index (χ2n) is 5.87. The van der Waals surface area contributed by atoms with Crippen LogP contribution in [0, 0.1) is 0 Å². The largest absolute Gasteiger partial charge is 0.507 e. The van der Waals surface area contributed by atoms with Crippen molar-refractivity contribution in [3.8, 4) is 11.5 Å². The molecule has 0 bridgehead atoms. The number of hydrogen-bond donors (Lipinski definition) is 2. The highest BCUT2D eigenvalue weighted by Gasteiger charge is 2.54. The highest BCUT2D eigenvalue weighted by atomic mass is 79.9. The van der Waals surface area contributed by atoms with Gasteiger partial charge in [0.05, 0.1) is 8.95 Å². The number of hydrogen-bond acceptors (Lipinski definition) is 2. The normalized spacial score (nSPS) is 12.4. The van der Waals surface area contributed by atoms with E-state index in [0.29, 0.717) is 10.9 Å². The highest BCUT2D eigenvalue weighted by Crippen LogP contribution is 2.47. The lowest BCUT2D eigenvalue weighted by Crippen LogP contribution is -2.41. The fourth-order valence-electron chi connectivity index (χ4n) is 2.54. The predicted molar refractivity (Wildman–Crippen MR) is 100 cm³/mol. The van der Waals surface area contributed by atoms with Crippen LogP contribution in [-0.4, -0.2) is 32.1 Å². The maximum absolute atomic E-state index is 14.0. The van der Waals surface area contributed by atoms with E-state index in [1.165, 1.54) is 24.3 Å². The first-order valence-corrected chi connectivity index (χ1v) is 8.54. The summed E-state index contributed by atoms with van der Waals surface area (Å²) in [5.74, 6) is -0.183. The Kier molecular flexibility index (Phi) is 5.08. The molecule has 0 spiro atoms. The van der Waals surface area contributed by atoms with Gasteiger partial charge in [-0.3, -0.25) is 0 Å². The van der Waals surface area contributed by atoms with Crippen LogP contribution in [0.3, 0.4) is 0 Å². The molecule has 0 aliphatic carbocycles. The molecule has 2 rings (SSSR count). The van der Waals surface area contributed by atoms with Crippen molar-refractivity contribution in [3.05, 3.63) is 44.3 Å². The zero-order valence-electron chi connectivity index (χ0n) is 13.1. The monoisotopic (exact) mass is 462 g/mol. The van der Waals surface area contributed by atoms with Gasteiger partial charge in [0.2, 0.25) is 0 Å². The summed E-state index contributed by atoms with van der Waals surface area (Å²) < 4.78 is 42.5. The third-order valence-electron chi connectivity index (χ3n) is 4.23. The maximum atomic E-state index is 14.0. The van der Waals surface area contributed by atoms with E-state index in [0.717, 1.165) is 6.92 Å². The van der Waals surface area contributed by atoms with Crippen molar-refractivity contribution in [1.29, 1.82) is 0 Å². The van der Waals surface area contributed by atoms with Gasteiger partial charge >= 0.3 is 6.18 Å². The number of phenolic OH excluding ortho intramolecular Hbond substituents is 2. The average molecular weight is 464 g/mol. The summed E-state index contributed by atoms with van der Waals surface area (Å²) in [6, 6.07) is 5.19. The molecule has 0 fully saturated rings. The molecule has 0 unspecified atom stereocenters. The average Bonchev–Trinajstić information content (AvgIpc) is 2.47. The van der Waals surface area contributed by atoms with E-state index >= 15 is 0 Å². The molecule has 0 aromatic heterocycles. The summed E-state index contributed by atoms with van der Waals surface area (Å²) in [4.78, 5) is 0. The Balaban J connectivity index is 2.83. The summed E-state index contributed by atoms with van der Waals surface area (Å²) in [6.45, 7) is 1.09. The van der Waals surface area contributed by atoms with E-state index in [1.807, 2.05) is 0 Å². The molecule has 2 aromatic rings. The smallest absolute Gasteiger partial charge is 0.402 e. The SMILES string of the molecule is Bc1cc(C(C)(c2cc(B)c(O)c(Br)c2)C(F)(F)F)cc(Br)c1O. The van der Waals surface area contributed by atoms with Gasteiger partial charge in [-0.25, -0.2) is 0 Å². The van der Waals surface area contributed by atoms with Crippen LogP contribution in [0.4, 0.5) is 13.2 Å². The van der Waals surface area contributed by atoms with Gasteiger partial charge in [0.1, 0.15) is 32.6 Å². The number of halogens is 5. The Morgan fingerprint density at radius 3 is 1.42 bits per heavy atom. The molecular formula is C15H13B2Br2F3O2. The van der Waals surface area contributed by atoms with Gasteiger partial charge in [-0.05, 0) is 73.0 Å². The lowest BCUT2D eigenvalue weighted by molar-refractivity contribution is -0.173. The van der Waals surface area contributed by atoms with E-state index in [4.69, 9.17) is 0 Å². The number of alkyl halides is 3. The fourth-order valence-corrected chi connectivity index (χ4v) is 3.66. The van der Waals surface area contributed by atoms with E-state index in [1.54, 1.807) is 15.7 Å². The molecule has 0 saturated heterocycles. The number of aromatic hydroxyl groups is 2. The molecule has 0 atom stereocenters. The van der Waals surface area contributed by atoms with Crippen LogP contribution in [0.25, 0.3) is 0 Å². The van der Waals surface area contributed by atoms with Crippen LogP contribution in [0.1, 0.15) is 18.1 Å². The fraction of sp³-hybridized carbons (Fsp3) is 0.200. The minimum atomic E-state index is -4.58. The molecule has 0 amide bonds. The molecule has 0 aliphatic heterocycles. The summed E-state index contributed by atoms with van der Waals surface area (Å²) in [7, 11) is 3.08. The molecule has 126 valence electrons. The van der Waals surface area contributed by atoms with Crippen LogP contribution in [0.2, 0.25) is 0 Å². The first kappa shape index (κ1) is 19.2. The van der Waals surface area contributed by atoms with Crippen molar-refractivity contribution in [3.63, 3.8) is 0 Å². The first-order chi connectivity index (χ1) is 10.9. The van der Waals surface area contributed by atoms with Gasteiger partial charge in [0.15, 0.2) is 0 Å². The van der Waals surface area contributed by atoms with Crippen molar-refractivity contribution in [2.75, 3.05) is 0 Å². The van der Waals surface area contributed by atoms with E-state index in [-0.39, 0.29) is 31.6 Å². The maximum Gasteiger partial charge on any atom is 0.402 e. The Morgan fingerprint density at radius 1 is 0.833 bits per heavy atom. The van der Waals surface area contributed by atoms with Crippen molar-refractivity contribution < 1.29 is 23.4 Å². The lowest BCUT2D eigenvalue weighted by Gasteiger charge is -2.34. The van der Waals surface area contributed by atoms with Crippen molar-refractivity contribution in [1.82, 2.24) is 0 Å². The minimum absolute atomic E-state index is 0.00540. The van der Waals surface area contributed by atoms with Gasteiger partial charge in [-0.15, -0.1) is 0 Å². The quantitative estimate of drug-likeness (QED) is 0.669. The predicted octanol–water partition coefficient (Wildman–Crippen LogP) is 2.01. The standard InChI is InChI=1S/C15H13B2Br2F3O2/c1-14(15(20,21)22,6-2-8(16)12(23)10(18)4-6)7-3-9(17)13(24)11(19)5-7/h2-5,23-24H,16-17H2,1H3. The van der Waals surface area contributed by atoms with E-state index in [2.05, 4.69) is 31.9 Å². The van der Waals surface area contributed by atoms with Crippen LogP contribution >= 0.6 is 31.9 Å². The topological polar surface area (TPSA) is 40.5 Å². The molecule has 0 heterocycles. The van der Waals surface area contributed by atoms with Gasteiger partial charge in [-0.2, -0.15) is 13.2 Å². The summed E-state index contributed by atoms with van der Waals surface area (Å²) in [6.07, 6.45) is -4.58. The lowest BCUT2D eigenvalue weighted by atomic mass is 9.72. The molecular weight excluding hydrogens is 451 g/mol. The highest BCUT2D eigenvalue weighted by molar-refractivity contribution is 9.11. The minimum Gasteiger partial charge on any atom is -0.507 e. The summed E-state index contributed by atoms with van der Waals surface area (Å²) >= 11 is 6.21. The molecule has 2 aromatic carbocycles. The van der Waals surface area contributed by atoms with Crippen LogP contribution in [0.5, 0.6) is 11.5 Å². The Labute approximate surface area is 156 Å². The molecule has 0 radical (unpaired) electrons. The van der Waals surface area contributed by atoms with Crippen molar-refractivity contribution >= 4 is 58.5 Å². The molecule has 9 heteroatoms. The van der Waals surface area contributed by atoms with Gasteiger partial charge in [0.25, 0.3) is 0 Å². The Hall–Kier alpha value is -1.08. The summed E-state index contributed by atoms with van der Waals surface area (Å²) in [5, 5.41) is 19.7. The molecule has 0 saturated carbocycles. The van der Waals surface area contributed by atoms with E-state index in [9.17, 15) is 23.4 Å². The second-order valence-corrected chi connectivity index (χ2v) is 7.58. The molecule has 0 aliphatic rings.